The van der Waals surface area contributed by atoms with Crippen LogP contribution in [0, 0.1) is 5.41 Å². The van der Waals surface area contributed by atoms with Gasteiger partial charge in [-0.15, -0.1) is 0 Å². The van der Waals surface area contributed by atoms with Gasteiger partial charge in [-0.2, -0.15) is 0 Å². The van der Waals surface area contributed by atoms with Crippen LogP contribution >= 0.6 is 0 Å². The van der Waals surface area contributed by atoms with E-state index in [0.29, 0.717) is 0 Å². The predicted octanol–water partition coefficient (Wildman–Crippen LogP) is -1.02. The Labute approximate surface area is 94.5 Å². The maximum atomic E-state index is 9.45. The van der Waals surface area contributed by atoms with E-state index < -0.39 is 36.8 Å². The smallest absolute Gasteiger partial charge is 0.327 e. The summed E-state index contributed by atoms with van der Waals surface area (Å²) in [5, 5.41) is 43.5. The second kappa shape index (κ2) is 7.34. The number of carboxylic acid groups (broad SMARTS) is 1. The van der Waals surface area contributed by atoms with Crippen molar-refractivity contribution in [3.8, 4) is 0 Å². The van der Waals surface area contributed by atoms with Gasteiger partial charge in [0.05, 0.1) is 30.8 Å². The van der Waals surface area contributed by atoms with Crippen molar-refractivity contribution in [2.24, 2.45) is 5.41 Å². The van der Waals surface area contributed by atoms with Crippen LogP contribution in [-0.4, -0.2) is 56.9 Å². The molecule has 96 valence electrons. The highest BCUT2D eigenvalue weighted by atomic mass is 16.4. The number of aliphatic hydroxyl groups is 4. The van der Waals surface area contributed by atoms with E-state index in [9.17, 15) is 9.90 Å². The molecule has 0 spiro atoms. The van der Waals surface area contributed by atoms with E-state index >= 15 is 0 Å². The third-order valence-corrected chi connectivity index (χ3v) is 2.38. The molecule has 0 bridgehead atoms. The van der Waals surface area contributed by atoms with Gasteiger partial charge in [-0.1, -0.05) is 6.58 Å². The molecule has 6 heteroatoms. The summed E-state index contributed by atoms with van der Waals surface area (Å²) in [6.45, 7) is 4.52. The molecule has 0 atom stereocenters. The summed E-state index contributed by atoms with van der Waals surface area (Å²) in [7, 11) is 0. The van der Waals surface area contributed by atoms with Gasteiger partial charge in [0.2, 0.25) is 0 Å². The highest BCUT2D eigenvalue weighted by Gasteiger charge is 2.42. The fraction of sp³-hybridized carbons (Fsp3) is 0.700. The molecule has 0 aliphatic rings. The number of rotatable bonds is 5. The molecule has 0 saturated heterocycles. The Hall–Kier alpha value is -0.950. The van der Waals surface area contributed by atoms with Crippen molar-refractivity contribution in [2.75, 3.05) is 19.8 Å². The van der Waals surface area contributed by atoms with Gasteiger partial charge >= 0.3 is 5.97 Å². The topological polar surface area (TPSA) is 118 Å². The fourth-order valence-corrected chi connectivity index (χ4v) is 0.730. The van der Waals surface area contributed by atoms with Crippen molar-refractivity contribution in [3.63, 3.8) is 0 Å². The average molecular weight is 236 g/mol. The number of carbonyl (C=O) groups is 1. The first-order chi connectivity index (χ1) is 7.20. The van der Waals surface area contributed by atoms with Gasteiger partial charge in [-0.05, 0) is 13.8 Å². The van der Waals surface area contributed by atoms with Gasteiger partial charge in [0.15, 0.2) is 0 Å². The molecule has 0 aliphatic heterocycles. The minimum Gasteiger partial charge on any atom is -0.478 e. The number of hydrogen-bond acceptors (Lipinski definition) is 5. The normalized spacial score (nSPS) is 11.4. The monoisotopic (exact) mass is 236 g/mol. The zero-order valence-corrected chi connectivity index (χ0v) is 9.55. The molecule has 16 heavy (non-hydrogen) atoms. The van der Waals surface area contributed by atoms with Crippen molar-refractivity contribution in [3.05, 3.63) is 12.7 Å². The molecule has 0 heterocycles. The van der Waals surface area contributed by atoms with Crippen LogP contribution in [0.2, 0.25) is 0 Å². The average Bonchev–Trinajstić information content (AvgIpc) is 2.20. The van der Waals surface area contributed by atoms with Crippen LogP contribution < -0.4 is 0 Å². The molecule has 0 aromatic carbocycles. The molecule has 0 unspecified atom stereocenters. The standard InChI is InChI=1S/C7H16O4.C3H4O2/c1-6(2,11)7(3-8,4-9)5-10;1-2-3(4)5/h8-11H,3-5H2,1-2H3;2H,1H2,(H,4,5). The quantitative estimate of drug-likeness (QED) is 0.390. The maximum Gasteiger partial charge on any atom is 0.327 e. The van der Waals surface area contributed by atoms with Crippen molar-refractivity contribution < 1.29 is 30.3 Å². The summed E-state index contributed by atoms with van der Waals surface area (Å²) in [5.74, 6) is -0.981. The van der Waals surface area contributed by atoms with E-state index in [-0.39, 0.29) is 0 Å². The van der Waals surface area contributed by atoms with E-state index in [0.717, 1.165) is 6.08 Å². The molecule has 0 aromatic heterocycles. The summed E-state index contributed by atoms with van der Waals surface area (Å²) >= 11 is 0. The van der Waals surface area contributed by atoms with Crippen LogP contribution in [0.1, 0.15) is 13.8 Å². The van der Waals surface area contributed by atoms with Crippen LogP contribution in [0.25, 0.3) is 0 Å². The summed E-state index contributed by atoms with van der Waals surface area (Å²) in [5.41, 5.74) is -2.50. The molecule has 6 nitrogen and oxygen atoms in total. The molecular weight excluding hydrogens is 216 g/mol. The Bertz CT molecular complexity index is 206. The Balaban J connectivity index is 0. The summed E-state index contributed by atoms with van der Waals surface area (Å²) in [6, 6.07) is 0. The highest BCUT2D eigenvalue weighted by Crippen LogP contribution is 2.29. The third-order valence-electron chi connectivity index (χ3n) is 2.38. The molecule has 0 aliphatic carbocycles. The second-order valence-corrected chi connectivity index (χ2v) is 3.86. The van der Waals surface area contributed by atoms with E-state index in [4.69, 9.17) is 20.4 Å². The van der Waals surface area contributed by atoms with Crippen LogP contribution in [0.15, 0.2) is 12.7 Å². The van der Waals surface area contributed by atoms with Gasteiger partial charge in [-0.25, -0.2) is 4.79 Å². The lowest BCUT2D eigenvalue weighted by atomic mass is 9.76. The minimum absolute atomic E-state index is 0.441. The SMILES string of the molecule is C=CC(=O)O.CC(C)(O)C(CO)(CO)CO. The van der Waals surface area contributed by atoms with Crippen LogP contribution in [-0.2, 0) is 4.79 Å². The number of aliphatic carboxylic acids is 1. The van der Waals surface area contributed by atoms with Crippen LogP contribution in [0.5, 0.6) is 0 Å². The molecule has 0 fully saturated rings. The number of carboxylic acids is 1. The molecule has 0 radical (unpaired) electrons. The Kier molecular flexibility index (Phi) is 8.01. The molecule has 5 N–H and O–H groups in total. The van der Waals surface area contributed by atoms with E-state index in [2.05, 4.69) is 6.58 Å². The van der Waals surface area contributed by atoms with Crippen LogP contribution in [0.3, 0.4) is 0 Å². The first-order valence-corrected chi connectivity index (χ1v) is 4.61. The van der Waals surface area contributed by atoms with Crippen molar-refractivity contribution in [2.45, 2.75) is 19.4 Å². The van der Waals surface area contributed by atoms with Crippen molar-refractivity contribution in [1.29, 1.82) is 0 Å². The van der Waals surface area contributed by atoms with E-state index in [1.165, 1.54) is 13.8 Å². The zero-order valence-electron chi connectivity index (χ0n) is 9.55. The van der Waals surface area contributed by atoms with E-state index in [1.54, 1.807) is 0 Å². The number of hydrogen-bond donors (Lipinski definition) is 5. The zero-order chi connectivity index (χ0) is 13.4. The lowest BCUT2D eigenvalue weighted by molar-refractivity contribution is -0.133. The summed E-state index contributed by atoms with van der Waals surface area (Å²) in [6.07, 6.45) is 0.833. The Morgan fingerprint density at radius 2 is 1.44 bits per heavy atom. The van der Waals surface area contributed by atoms with Gasteiger partial charge in [0.25, 0.3) is 0 Å². The minimum atomic E-state index is -1.29. The predicted molar refractivity (Wildman–Crippen MR) is 57.8 cm³/mol. The van der Waals surface area contributed by atoms with Gasteiger partial charge in [-0.3, -0.25) is 0 Å². The Morgan fingerprint density at radius 3 is 1.44 bits per heavy atom. The van der Waals surface area contributed by atoms with Gasteiger partial charge in [0, 0.05) is 6.08 Å². The Morgan fingerprint density at radius 1 is 1.19 bits per heavy atom. The molecular formula is C10H20O6. The lowest BCUT2D eigenvalue weighted by Gasteiger charge is -2.38. The van der Waals surface area contributed by atoms with Crippen LogP contribution in [0.4, 0.5) is 0 Å². The maximum absolute atomic E-state index is 9.45. The van der Waals surface area contributed by atoms with Crippen molar-refractivity contribution in [1.82, 2.24) is 0 Å². The molecule has 0 amide bonds. The van der Waals surface area contributed by atoms with Gasteiger partial charge < -0.3 is 25.5 Å². The highest BCUT2D eigenvalue weighted by molar-refractivity contribution is 5.78. The fourth-order valence-electron chi connectivity index (χ4n) is 0.730. The third kappa shape index (κ3) is 5.22. The first-order valence-electron chi connectivity index (χ1n) is 4.61. The molecule has 0 saturated carbocycles. The van der Waals surface area contributed by atoms with Gasteiger partial charge in [0.1, 0.15) is 0 Å². The lowest BCUT2D eigenvalue weighted by Crippen LogP contribution is -2.51. The second-order valence-electron chi connectivity index (χ2n) is 3.86. The molecule has 0 aromatic rings. The first kappa shape index (κ1) is 17.4. The summed E-state index contributed by atoms with van der Waals surface area (Å²) in [4.78, 5) is 9.25. The molecule has 0 rings (SSSR count). The largest absolute Gasteiger partial charge is 0.478 e. The van der Waals surface area contributed by atoms with Crippen molar-refractivity contribution >= 4 is 5.97 Å². The van der Waals surface area contributed by atoms with E-state index in [1.807, 2.05) is 0 Å². The summed E-state index contributed by atoms with van der Waals surface area (Å²) < 4.78 is 0. The number of aliphatic hydroxyl groups excluding tert-OH is 3.